The molecule has 4 aliphatic rings. The number of carbonyl (C=O) groups excluding carboxylic acids is 2. The fourth-order valence-electron chi connectivity index (χ4n) is 11.4. The van der Waals surface area contributed by atoms with Crippen molar-refractivity contribution in [1.29, 1.82) is 0 Å². The Balaban J connectivity index is 1.18. The van der Waals surface area contributed by atoms with Crippen LogP contribution >= 0.6 is 0 Å². The molecule has 0 unspecified atom stereocenters. The van der Waals surface area contributed by atoms with E-state index < -0.39 is 126 Å². The van der Waals surface area contributed by atoms with Crippen molar-refractivity contribution < 1.29 is 77.4 Å². The molecule has 1 aromatic carbocycles. The number of rotatable bonds is 15. The molecule has 0 spiro atoms. The number of ether oxygens (including phenoxy) is 8. The van der Waals surface area contributed by atoms with E-state index >= 15 is 0 Å². The molecular weight excluding hydrogens is 968 g/mol. The number of anilines is 1. The van der Waals surface area contributed by atoms with Gasteiger partial charge in [0.1, 0.15) is 47.6 Å². The second kappa shape index (κ2) is 24.9. The average Bonchev–Trinajstić information content (AvgIpc) is 3.95. The van der Waals surface area contributed by atoms with Crippen LogP contribution in [0.15, 0.2) is 30.5 Å². The van der Waals surface area contributed by atoms with Crippen molar-refractivity contribution in [2.24, 2.45) is 17.8 Å². The third kappa shape index (κ3) is 14.0. The molecule has 1 amide bonds. The Morgan fingerprint density at radius 1 is 0.959 bits per heavy atom. The molecular formula is C52H85FN6O15. The minimum absolute atomic E-state index is 0.0832. The number of benzene rings is 1. The van der Waals surface area contributed by atoms with Crippen LogP contribution in [-0.2, 0) is 55.8 Å². The summed E-state index contributed by atoms with van der Waals surface area (Å²) in [5, 5.41) is 68.0. The van der Waals surface area contributed by atoms with E-state index in [1.165, 1.54) is 37.1 Å². The van der Waals surface area contributed by atoms with Crippen LogP contribution < -0.4 is 4.90 Å². The lowest BCUT2D eigenvalue weighted by molar-refractivity contribution is -0.318. The van der Waals surface area contributed by atoms with Crippen molar-refractivity contribution in [3.05, 3.63) is 42.0 Å². The van der Waals surface area contributed by atoms with Crippen molar-refractivity contribution in [3.8, 4) is 0 Å². The number of amides is 1. The van der Waals surface area contributed by atoms with Gasteiger partial charge < -0.3 is 68.3 Å². The largest absolute Gasteiger partial charge is 0.459 e. The Labute approximate surface area is 435 Å². The van der Waals surface area contributed by atoms with Crippen LogP contribution in [0.5, 0.6) is 0 Å². The van der Waals surface area contributed by atoms with E-state index in [2.05, 4.69) is 10.3 Å². The molecule has 19 atom stereocenters. The van der Waals surface area contributed by atoms with E-state index in [1.807, 2.05) is 37.7 Å². The number of aromatic nitrogens is 3. The second-order valence-electron chi connectivity index (χ2n) is 22.3. The van der Waals surface area contributed by atoms with Crippen molar-refractivity contribution in [2.75, 3.05) is 52.3 Å². The van der Waals surface area contributed by atoms with E-state index in [0.29, 0.717) is 30.9 Å². The van der Waals surface area contributed by atoms with E-state index in [1.54, 1.807) is 65.4 Å². The fraction of sp³-hybridized carbons (Fsp3) is 0.808. The van der Waals surface area contributed by atoms with Gasteiger partial charge in [-0.1, -0.05) is 32.1 Å². The highest BCUT2D eigenvalue weighted by atomic mass is 19.1. The highest BCUT2D eigenvalue weighted by molar-refractivity contribution is 5.89. The van der Waals surface area contributed by atoms with Crippen LogP contribution in [0.25, 0.3) is 0 Å². The highest BCUT2D eigenvalue weighted by Gasteiger charge is 2.53. The van der Waals surface area contributed by atoms with Crippen LogP contribution in [0.3, 0.4) is 0 Å². The highest BCUT2D eigenvalue weighted by Crippen LogP contribution is 2.40. The first-order valence-corrected chi connectivity index (χ1v) is 26.2. The molecule has 21 nitrogen and oxygen atoms in total. The molecule has 22 heteroatoms. The number of aliphatic hydroxyl groups excluding tert-OH is 3. The van der Waals surface area contributed by atoms with E-state index in [4.69, 9.17) is 37.9 Å². The first-order chi connectivity index (χ1) is 34.7. The number of hydrogen-bond acceptors (Lipinski definition) is 19. The number of halogens is 1. The standard InChI is InChI=1S/C52H85FN6O15/c1-14-40-52(10,66)44(61)33(6)57(12)24-29(2)22-50(8,65)46(31(4)43(32(5)47(63)72-40)73-41-23-51(9,67-13)45(62)34(7)70-41)74-48-42(60)39(20-30(3)69-48)56(11)18-19-68-28-36-25-58(55-54-36)26-38-27-59(49(64)71-38)37-17-15-16-35(53)21-37/h15-17,21,25,29-34,38-46,48,60-62,65-66H,14,18-20,22-24,26-28H2,1-13H3/t29-,30-,31+,32-,33-,34+,38+,39+,40-,41+,42-,43+,44-,45+,46-,48+,50-,51-,52-/m1/s1. The molecule has 1 aromatic heterocycles. The molecule has 6 rings (SSSR count). The molecule has 0 radical (unpaired) electrons. The Bertz CT molecular complexity index is 2140. The first kappa shape index (κ1) is 59.7. The lowest BCUT2D eigenvalue weighted by Gasteiger charge is -2.49. The number of cyclic esters (lactones) is 2. The predicted octanol–water partition coefficient (Wildman–Crippen LogP) is 3.24. The molecule has 0 aliphatic carbocycles. The maximum Gasteiger partial charge on any atom is 0.414 e. The molecule has 420 valence electrons. The molecule has 74 heavy (non-hydrogen) atoms. The summed E-state index contributed by atoms with van der Waals surface area (Å²) in [6, 6.07) is 4.68. The molecule has 5 heterocycles. The van der Waals surface area contributed by atoms with Gasteiger partial charge in [-0.05, 0) is 106 Å². The maximum atomic E-state index is 14.5. The lowest BCUT2D eigenvalue weighted by Crippen LogP contribution is -2.61. The number of nitrogens with zero attached hydrogens (tertiary/aromatic N) is 6. The molecule has 2 aromatic rings. The van der Waals surface area contributed by atoms with Crippen LogP contribution in [0, 0.1) is 23.6 Å². The summed E-state index contributed by atoms with van der Waals surface area (Å²) in [5.41, 5.74) is -3.63. The van der Waals surface area contributed by atoms with Crippen LogP contribution in [0.4, 0.5) is 14.9 Å². The monoisotopic (exact) mass is 1050 g/mol. The number of carbonyl (C=O) groups is 2. The van der Waals surface area contributed by atoms with Gasteiger partial charge in [0.05, 0.1) is 79.7 Å². The van der Waals surface area contributed by atoms with Gasteiger partial charge in [0, 0.05) is 44.6 Å². The van der Waals surface area contributed by atoms with Gasteiger partial charge in [0.25, 0.3) is 0 Å². The van der Waals surface area contributed by atoms with Gasteiger partial charge in [-0.15, -0.1) is 5.10 Å². The number of hydrogen-bond donors (Lipinski definition) is 5. The molecule has 4 fully saturated rings. The Hall–Kier alpha value is -3.49. The van der Waals surface area contributed by atoms with Crippen LogP contribution in [0.1, 0.15) is 101 Å². The first-order valence-electron chi connectivity index (χ1n) is 26.2. The smallest absolute Gasteiger partial charge is 0.414 e. The summed E-state index contributed by atoms with van der Waals surface area (Å²) in [7, 11) is 5.18. The Morgan fingerprint density at radius 3 is 2.35 bits per heavy atom. The Morgan fingerprint density at radius 2 is 1.68 bits per heavy atom. The predicted molar refractivity (Wildman–Crippen MR) is 267 cm³/mol. The van der Waals surface area contributed by atoms with E-state index in [-0.39, 0.29) is 51.5 Å². The topological polar surface area (TPSA) is 250 Å². The number of methoxy groups -OCH3 is 1. The third-order valence-corrected chi connectivity index (χ3v) is 15.9. The number of aliphatic hydroxyl groups is 5. The third-order valence-electron chi connectivity index (χ3n) is 15.9. The van der Waals surface area contributed by atoms with Gasteiger partial charge in [-0.2, -0.15) is 0 Å². The van der Waals surface area contributed by atoms with Gasteiger partial charge in [-0.25, -0.2) is 13.9 Å². The molecule has 0 saturated carbocycles. The van der Waals surface area contributed by atoms with Gasteiger partial charge >= 0.3 is 12.1 Å². The minimum Gasteiger partial charge on any atom is -0.459 e. The summed E-state index contributed by atoms with van der Waals surface area (Å²) in [4.78, 5) is 32.3. The van der Waals surface area contributed by atoms with E-state index in [9.17, 15) is 39.5 Å². The zero-order valence-corrected chi connectivity index (χ0v) is 45.6. The molecule has 4 saturated heterocycles. The molecule has 0 bridgehead atoms. The van der Waals surface area contributed by atoms with Crippen LogP contribution in [0.2, 0.25) is 0 Å². The normalized spacial score (nSPS) is 40.4. The summed E-state index contributed by atoms with van der Waals surface area (Å²) in [5.74, 6) is -3.33. The van der Waals surface area contributed by atoms with Gasteiger partial charge in [0.15, 0.2) is 12.6 Å². The zero-order valence-electron chi connectivity index (χ0n) is 45.6. The van der Waals surface area contributed by atoms with Crippen molar-refractivity contribution in [1.82, 2.24) is 24.8 Å². The quantitative estimate of drug-likeness (QED) is 0.127. The molecule has 5 N–H and O–H groups in total. The van der Waals surface area contributed by atoms with Gasteiger partial charge in [0.2, 0.25) is 0 Å². The summed E-state index contributed by atoms with van der Waals surface area (Å²) in [6.45, 7) is 19.0. The second-order valence-corrected chi connectivity index (χ2v) is 22.3. The zero-order chi connectivity index (χ0) is 54.6. The maximum absolute atomic E-state index is 14.5. The van der Waals surface area contributed by atoms with Crippen LogP contribution in [-0.4, -0.2) is 206 Å². The SMILES string of the molecule is CC[C@H]1OC(=O)[C@H](C)[C@@H](O[C@H]2C[C@@](C)(OC)[C@@H](O)[C@H](C)O2)[C@H](C)[C@@H](O[C@@H]2O[C@H](C)C[C@H](N(C)CCOCc3cn(C[C@H]4CN(c5cccc(F)c5)C(=O)O4)nn3)[C@H]2O)[C@](C)(O)C[C@@H](C)CN(C)[C@H](C)[C@@H](O)[C@]1(C)O. The summed E-state index contributed by atoms with van der Waals surface area (Å²) < 4.78 is 65.1. The van der Waals surface area contributed by atoms with Crippen molar-refractivity contribution in [2.45, 2.75) is 204 Å². The lowest BCUT2D eigenvalue weighted by atomic mass is 9.77. The summed E-state index contributed by atoms with van der Waals surface area (Å²) in [6.07, 6.45) is -8.82. The van der Waals surface area contributed by atoms with E-state index in [0.717, 1.165) is 0 Å². The van der Waals surface area contributed by atoms with Crippen molar-refractivity contribution >= 4 is 17.7 Å². The fourth-order valence-corrected chi connectivity index (χ4v) is 11.4. The molecule has 4 aliphatic heterocycles. The minimum atomic E-state index is -1.85. The van der Waals surface area contributed by atoms with Crippen molar-refractivity contribution in [3.63, 3.8) is 0 Å². The Kier molecular flexibility index (Phi) is 20.1. The summed E-state index contributed by atoms with van der Waals surface area (Å²) >= 11 is 0. The van der Waals surface area contributed by atoms with Gasteiger partial charge in [-0.3, -0.25) is 14.6 Å². The number of esters is 1. The average molecular weight is 1050 g/mol. The number of likely N-dealkylation sites (N-methyl/N-ethyl adjacent to an activating group) is 2.